The lowest BCUT2D eigenvalue weighted by molar-refractivity contribution is -0.187. The summed E-state index contributed by atoms with van der Waals surface area (Å²) in [4.78, 5) is 37.0. The number of hydrogen-bond donors (Lipinski definition) is 0. The van der Waals surface area contributed by atoms with Gasteiger partial charge in [0.2, 0.25) is 0 Å². The minimum Gasteiger partial charge on any atom is -0.451 e. The van der Waals surface area contributed by atoms with Gasteiger partial charge in [-0.05, 0) is 87.5 Å². The standard InChI is InChI=1S/C24H34O4/c1-14-18-7-6-17-19(22(18,4)11-10-21(14)27)8-12-23(5)20(17)9-13-24(23,15(2)25)28-16(3)26/h17,19-20H,6-13H2,1-5H3/t17-,19-,20-,22+,23-,24+/m1/s1. The van der Waals surface area contributed by atoms with Crippen molar-refractivity contribution < 1.29 is 19.1 Å². The molecule has 0 aromatic heterocycles. The lowest BCUT2D eigenvalue weighted by Crippen LogP contribution is -2.58. The van der Waals surface area contributed by atoms with E-state index < -0.39 is 5.60 Å². The highest BCUT2D eigenvalue weighted by atomic mass is 16.6. The van der Waals surface area contributed by atoms with Gasteiger partial charge < -0.3 is 4.74 Å². The van der Waals surface area contributed by atoms with Crippen molar-refractivity contribution >= 4 is 17.5 Å². The van der Waals surface area contributed by atoms with E-state index in [0.29, 0.717) is 36.4 Å². The average Bonchev–Trinajstić information content (AvgIpc) is 2.92. The molecule has 0 heterocycles. The minimum atomic E-state index is -0.954. The maximum absolute atomic E-state index is 12.8. The van der Waals surface area contributed by atoms with E-state index in [1.807, 2.05) is 6.92 Å². The first-order chi connectivity index (χ1) is 13.1. The molecule has 4 nitrogen and oxygen atoms in total. The van der Waals surface area contributed by atoms with E-state index >= 15 is 0 Å². The summed E-state index contributed by atoms with van der Waals surface area (Å²) < 4.78 is 5.83. The molecule has 0 aromatic rings. The highest BCUT2D eigenvalue weighted by molar-refractivity contribution is 5.96. The molecule has 0 aromatic carbocycles. The van der Waals surface area contributed by atoms with Crippen LogP contribution in [0.25, 0.3) is 0 Å². The van der Waals surface area contributed by atoms with Crippen LogP contribution in [0.4, 0.5) is 0 Å². The van der Waals surface area contributed by atoms with Gasteiger partial charge in [0, 0.05) is 18.8 Å². The normalized spacial score (nSPS) is 45.2. The SMILES string of the molecule is CC(=O)O[C@]1(C(C)=O)CC[C@@H]2[C@@H]3CCC4=C(C)C(=O)CC[C@]4(C)[C@@H]3CC[C@]21C. The van der Waals surface area contributed by atoms with Gasteiger partial charge in [0.05, 0.1) is 0 Å². The Labute approximate surface area is 168 Å². The van der Waals surface area contributed by atoms with Crippen LogP contribution in [0.15, 0.2) is 11.1 Å². The van der Waals surface area contributed by atoms with Crippen molar-refractivity contribution in [1.29, 1.82) is 0 Å². The number of carbonyl (C=O) groups is 3. The first-order valence-corrected chi connectivity index (χ1v) is 11.0. The predicted molar refractivity (Wildman–Crippen MR) is 107 cm³/mol. The smallest absolute Gasteiger partial charge is 0.303 e. The second-order valence-corrected chi connectivity index (χ2v) is 10.3. The summed E-state index contributed by atoms with van der Waals surface area (Å²) >= 11 is 0. The molecule has 0 aliphatic heterocycles. The lowest BCUT2D eigenvalue weighted by Gasteiger charge is -2.59. The summed E-state index contributed by atoms with van der Waals surface area (Å²) in [6.45, 7) is 9.64. The van der Waals surface area contributed by atoms with Gasteiger partial charge in [0.1, 0.15) is 0 Å². The number of rotatable bonds is 2. The molecule has 4 aliphatic rings. The third kappa shape index (κ3) is 2.39. The molecule has 3 fully saturated rings. The van der Waals surface area contributed by atoms with Crippen LogP contribution in [0.3, 0.4) is 0 Å². The second-order valence-electron chi connectivity index (χ2n) is 10.3. The van der Waals surface area contributed by atoms with Gasteiger partial charge in [-0.25, -0.2) is 0 Å². The van der Waals surface area contributed by atoms with Crippen molar-refractivity contribution in [2.45, 2.75) is 91.6 Å². The van der Waals surface area contributed by atoms with Gasteiger partial charge in [-0.2, -0.15) is 0 Å². The molecule has 0 N–H and O–H groups in total. The van der Waals surface area contributed by atoms with E-state index in [1.54, 1.807) is 6.92 Å². The Hall–Kier alpha value is -1.45. The molecule has 4 rings (SSSR count). The summed E-state index contributed by atoms with van der Waals surface area (Å²) in [6.07, 6.45) is 7.31. The molecule has 0 amide bonds. The van der Waals surface area contributed by atoms with E-state index in [9.17, 15) is 14.4 Å². The topological polar surface area (TPSA) is 60.4 Å². The van der Waals surface area contributed by atoms with Crippen LogP contribution in [0.2, 0.25) is 0 Å². The number of carbonyl (C=O) groups excluding carboxylic acids is 3. The highest BCUT2D eigenvalue weighted by Gasteiger charge is 2.67. The molecule has 0 saturated heterocycles. The minimum absolute atomic E-state index is 0.00728. The Bertz CT molecular complexity index is 779. The molecule has 154 valence electrons. The van der Waals surface area contributed by atoms with Gasteiger partial charge in [0.15, 0.2) is 17.2 Å². The zero-order chi connectivity index (χ0) is 20.5. The van der Waals surface area contributed by atoms with Crippen molar-refractivity contribution in [3.05, 3.63) is 11.1 Å². The predicted octanol–water partition coefficient (Wildman–Crippen LogP) is 4.80. The summed E-state index contributed by atoms with van der Waals surface area (Å²) in [5, 5.41) is 0. The van der Waals surface area contributed by atoms with Crippen LogP contribution in [-0.4, -0.2) is 23.1 Å². The van der Waals surface area contributed by atoms with Crippen molar-refractivity contribution in [1.82, 2.24) is 0 Å². The average molecular weight is 387 g/mol. The summed E-state index contributed by atoms with van der Waals surface area (Å²) in [5.74, 6) is 1.51. The zero-order valence-corrected chi connectivity index (χ0v) is 18.0. The van der Waals surface area contributed by atoms with Crippen LogP contribution in [-0.2, 0) is 19.1 Å². The number of fused-ring (bicyclic) bond motifs is 5. The molecule has 4 heteroatoms. The van der Waals surface area contributed by atoms with E-state index in [0.717, 1.165) is 44.1 Å². The maximum Gasteiger partial charge on any atom is 0.303 e. The fraction of sp³-hybridized carbons (Fsp3) is 0.792. The molecule has 0 bridgehead atoms. The van der Waals surface area contributed by atoms with E-state index in [-0.39, 0.29) is 22.6 Å². The van der Waals surface area contributed by atoms with Gasteiger partial charge in [0.25, 0.3) is 0 Å². The van der Waals surface area contributed by atoms with Gasteiger partial charge in [-0.15, -0.1) is 0 Å². The number of ether oxygens (including phenoxy) is 1. The summed E-state index contributed by atoms with van der Waals surface area (Å²) in [7, 11) is 0. The van der Waals surface area contributed by atoms with Crippen molar-refractivity contribution in [2.75, 3.05) is 0 Å². The molecule has 4 aliphatic carbocycles. The van der Waals surface area contributed by atoms with Gasteiger partial charge in [-0.1, -0.05) is 19.4 Å². The second kappa shape index (κ2) is 6.27. The zero-order valence-electron chi connectivity index (χ0n) is 18.0. The Morgan fingerprint density at radius 2 is 1.64 bits per heavy atom. The van der Waals surface area contributed by atoms with Crippen LogP contribution in [0.1, 0.15) is 86.0 Å². The third-order valence-electron chi connectivity index (χ3n) is 9.42. The largest absolute Gasteiger partial charge is 0.451 e. The van der Waals surface area contributed by atoms with E-state index in [4.69, 9.17) is 4.74 Å². The molecule has 0 unspecified atom stereocenters. The summed E-state index contributed by atoms with van der Waals surface area (Å²) in [6, 6.07) is 0. The number of Topliss-reactive ketones (excluding diaryl/α,β-unsaturated/α-hetero) is 2. The van der Waals surface area contributed by atoms with Crippen LogP contribution < -0.4 is 0 Å². The Morgan fingerprint density at radius 3 is 2.29 bits per heavy atom. The van der Waals surface area contributed by atoms with E-state index in [1.165, 1.54) is 12.5 Å². The Kier molecular flexibility index (Phi) is 4.45. The Morgan fingerprint density at radius 1 is 0.964 bits per heavy atom. The number of allylic oxidation sites excluding steroid dienone is 1. The third-order valence-corrected chi connectivity index (χ3v) is 9.42. The molecule has 6 atom stereocenters. The van der Waals surface area contributed by atoms with Crippen molar-refractivity contribution in [2.24, 2.45) is 28.6 Å². The van der Waals surface area contributed by atoms with E-state index in [2.05, 4.69) is 13.8 Å². The molecular weight excluding hydrogens is 352 g/mol. The first kappa shape index (κ1) is 19.8. The number of esters is 1. The number of hydrogen-bond acceptors (Lipinski definition) is 4. The molecule has 0 spiro atoms. The molecule has 0 radical (unpaired) electrons. The highest BCUT2D eigenvalue weighted by Crippen LogP contribution is 2.68. The van der Waals surface area contributed by atoms with Crippen LogP contribution in [0, 0.1) is 28.6 Å². The fourth-order valence-corrected chi connectivity index (χ4v) is 8.04. The fourth-order valence-electron chi connectivity index (χ4n) is 8.04. The lowest BCUT2D eigenvalue weighted by atomic mass is 9.45. The quantitative estimate of drug-likeness (QED) is 0.640. The van der Waals surface area contributed by atoms with Crippen molar-refractivity contribution in [3.8, 4) is 0 Å². The van der Waals surface area contributed by atoms with Gasteiger partial charge in [-0.3, -0.25) is 14.4 Å². The number of ketones is 2. The molecular formula is C24H34O4. The molecule has 3 saturated carbocycles. The maximum atomic E-state index is 12.8. The monoisotopic (exact) mass is 386 g/mol. The Balaban J connectivity index is 1.72. The van der Waals surface area contributed by atoms with Crippen molar-refractivity contribution in [3.63, 3.8) is 0 Å². The first-order valence-electron chi connectivity index (χ1n) is 11.0. The molecule has 28 heavy (non-hydrogen) atoms. The van der Waals surface area contributed by atoms with Crippen LogP contribution >= 0.6 is 0 Å². The summed E-state index contributed by atoms with van der Waals surface area (Å²) in [5.41, 5.74) is 1.31. The van der Waals surface area contributed by atoms with Gasteiger partial charge >= 0.3 is 5.97 Å². The van der Waals surface area contributed by atoms with Crippen LogP contribution in [0.5, 0.6) is 0 Å².